The largest absolute Gasteiger partial charge is 0.334 e. The maximum absolute atomic E-state index is 11.9. The van der Waals surface area contributed by atoms with Crippen molar-refractivity contribution in [3.8, 4) is 0 Å². The topological polar surface area (TPSA) is 0 Å². The summed E-state index contributed by atoms with van der Waals surface area (Å²) in [6, 6.07) is 0. The van der Waals surface area contributed by atoms with E-state index in [0.717, 1.165) is 0 Å². The van der Waals surface area contributed by atoms with Crippen molar-refractivity contribution in [1.29, 1.82) is 0 Å². The van der Waals surface area contributed by atoms with E-state index in [4.69, 9.17) is 0 Å². The zero-order valence-electron chi connectivity index (χ0n) is 5.35. The Balaban J connectivity index is 4.70. The molecule has 0 aliphatic carbocycles. The van der Waals surface area contributed by atoms with Crippen LogP contribution >= 0.6 is 0 Å². The van der Waals surface area contributed by atoms with Crippen molar-refractivity contribution in [1.82, 2.24) is 0 Å². The minimum Gasteiger partial charge on any atom is -0.241 e. The molecule has 0 saturated carbocycles. The average molecular weight is 178 g/mol. The highest BCUT2D eigenvalue weighted by Gasteiger charge is 2.45. The third kappa shape index (κ3) is 2.13. The number of hydrogen-bond donors (Lipinski definition) is 0. The van der Waals surface area contributed by atoms with Gasteiger partial charge in [-0.1, -0.05) is 0 Å². The van der Waals surface area contributed by atoms with Crippen molar-refractivity contribution in [3.63, 3.8) is 0 Å². The molecule has 0 rings (SSSR count). The Morgan fingerprint density at radius 3 is 1.64 bits per heavy atom. The Kier molecular flexibility index (Phi) is 2.95. The number of hydrogen-bond acceptors (Lipinski definition) is 0. The van der Waals surface area contributed by atoms with E-state index in [1.165, 1.54) is 0 Å². The lowest BCUT2D eigenvalue weighted by molar-refractivity contribution is -0.0526. The first kappa shape index (κ1) is 10.3. The first-order chi connectivity index (χ1) is 4.80. The molecule has 0 aromatic heterocycles. The first-order valence-electron chi connectivity index (χ1n) is 2.53. The standard InChI is InChI=1S/C5H4F6/c1-2(6)5(10,11)3(7)4(8)9/h2H,1H3. The molecule has 0 radical (unpaired) electrons. The Morgan fingerprint density at radius 2 is 1.55 bits per heavy atom. The van der Waals surface area contributed by atoms with Gasteiger partial charge in [-0.2, -0.15) is 22.0 Å². The predicted molar refractivity (Wildman–Crippen MR) is 25.9 cm³/mol. The lowest BCUT2D eigenvalue weighted by Gasteiger charge is -2.13. The zero-order valence-corrected chi connectivity index (χ0v) is 5.35. The molecule has 11 heavy (non-hydrogen) atoms. The predicted octanol–water partition coefficient (Wildman–Crippen LogP) is 3.06. The maximum atomic E-state index is 11.9. The first-order valence-corrected chi connectivity index (χ1v) is 2.53. The van der Waals surface area contributed by atoms with E-state index >= 15 is 0 Å². The van der Waals surface area contributed by atoms with Crippen LogP contribution in [0.4, 0.5) is 26.3 Å². The minimum atomic E-state index is -4.72. The second-order valence-corrected chi connectivity index (χ2v) is 1.81. The molecular formula is C5H4F6. The molecule has 0 N–H and O–H groups in total. The summed E-state index contributed by atoms with van der Waals surface area (Å²) in [4.78, 5) is 0. The molecule has 0 amide bonds. The molecule has 1 unspecified atom stereocenters. The number of rotatable bonds is 2. The Bertz CT molecular complexity index is 166. The van der Waals surface area contributed by atoms with Crippen LogP contribution in [-0.4, -0.2) is 12.1 Å². The van der Waals surface area contributed by atoms with Crippen molar-refractivity contribution in [2.24, 2.45) is 0 Å². The highest BCUT2D eigenvalue weighted by atomic mass is 19.3. The number of alkyl halides is 3. The van der Waals surface area contributed by atoms with Gasteiger partial charge in [0.15, 0.2) is 6.17 Å². The molecule has 1 atom stereocenters. The fourth-order valence-electron chi connectivity index (χ4n) is 0.301. The van der Waals surface area contributed by atoms with Crippen LogP contribution in [0, 0.1) is 0 Å². The zero-order chi connectivity index (χ0) is 9.23. The molecule has 6 heteroatoms. The van der Waals surface area contributed by atoms with E-state index in [1.54, 1.807) is 0 Å². The molecule has 0 saturated heterocycles. The Labute approximate surface area is 58.5 Å². The third-order valence-corrected chi connectivity index (χ3v) is 0.958. The molecule has 0 aromatic rings. The van der Waals surface area contributed by atoms with Crippen LogP contribution in [0.25, 0.3) is 0 Å². The molecule has 0 nitrogen and oxygen atoms in total. The third-order valence-electron chi connectivity index (χ3n) is 0.958. The fourth-order valence-corrected chi connectivity index (χ4v) is 0.301. The molecule has 0 bridgehead atoms. The molecular weight excluding hydrogens is 174 g/mol. The lowest BCUT2D eigenvalue weighted by atomic mass is 10.2. The van der Waals surface area contributed by atoms with Crippen LogP contribution < -0.4 is 0 Å². The lowest BCUT2D eigenvalue weighted by Crippen LogP contribution is -2.28. The summed E-state index contributed by atoms with van der Waals surface area (Å²) in [6.07, 6.45) is -6.16. The Morgan fingerprint density at radius 1 is 1.18 bits per heavy atom. The summed E-state index contributed by atoms with van der Waals surface area (Å²) in [5, 5.41) is 0. The van der Waals surface area contributed by atoms with Gasteiger partial charge in [0.1, 0.15) is 0 Å². The van der Waals surface area contributed by atoms with Crippen LogP contribution in [0.3, 0.4) is 0 Å². The number of halogens is 6. The summed E-state index contributed by atoms with van der Waals surface area (Å²) in [5.74, 6) is -7.73. The molecule has 66 valence electrons. The van der Waals surface area contributed by atoms with Gasteiger partial charge in [-0.25, -0.2) is 4.39 Å². The fraction of sp³-hybridized carbons (Fsp3) is 0.600. The minimum absolute atomic E-state index is 0.294. The smallest absolute Gasteiger partial charge is 0.241 e. The number of allylic oxidation sites excluding steroid dienone is 1. The van der Waals surface area contributed by atoms with Gasteiger partial charge in [0.05, 0.1) is 0 Å². The van der Waals surface area contributed by atoms with E-state index in [1.807, 2.05) is 0 Å². The van der Waals surface area contributed by atoms with Crippen LogP contribution in [0.5, 0.6) is 0 Å². The van der Waals surface area contributed by atoms with Crippen LogP contribution in [-0.2, 0) is 0 Å². The van der Waals surface area contributed by atoms with Gasteiger partial charge in [0, 0.05) is 0 Å². The van der Waals surface area contributed by atoms with Crippen LogP contribution in [0.15, 0.2) is 11.9 Å². The van der Waals surface area contributed by atoms with E-state index in [9.17, 15) is 26.3 Å². The van der Waals surface area contributed by atoms with Crippen LogP contribution in [0.1, 0.15) is 6.92 Å². The maximum Gasteiger partial charge on any atom is 0.334 e. The van der Waals surface area contributed by atoms with Gasteiger partial charge >= 0.3 is 12.0 Å². The molecule has 0 aliphatic heterocycles. The van der Waals surface area contributed by atoms with Crippen molar-refractivity contribution in [2.45, 2.75) is 19.0 Å². The van der Waals surface area contributed by atoms with Crippen molar-refractivity contribution in [3.05, 3.63) is 11.9 Å². The van der Waals surface area contributed by atoms with Gasteiger partial charge in [-0.3, -0.25) is 0 Å². The summed E-state index contributed by atoms with van der Waals surface area (Å²) < 4.78 is 69.5. The van der Waals surface area contributed by atoms with E-state index < -0.39 is 24.0 Å². The van der Waals surface area contributed by atoms with Gasteiger partial charge in [-0.15, -0.1) is 0 Å². The quantitative estimate of drug-likeness (QED) is 0.570. The van der Waals surface area contributed by atoms with Gasteiger partial charge in [0.25, 0.3) is 0 Å². The van der Waals surface area contributed by atoms with Gasteiger partial charge < -0.3 is 0 Å². The summed E-state index contributed by atoms with van der Waals surface area (Å²) >= 11 is 0. The molecule has 0 heterocycles. The van der Waals surface area contributed by atoms with Crippen LogP contribution in [0.2, 0.25) is 0 Å². The van der Waals surface area contributed by atoms with E-state index in [2.05, 4.69) is 0 Å². The van der Waals surface area contributed by atoms with Gasteiger partial charge in [-0.05, 0) is 6.92 Å². The SMILES string of the molecule is CC(F)C(F)(F)C(F)=C(F)F. The van der Waals surface area contributed by atoms with Crippen molar-refractivity contribution < 1.29 is 26.3 Å². The second-order valence-electron chi connectivity index (χ2n) is 1.81. The second kappa shape index (κ2) is 3.15. The molecule has 0 fully saturated rings. The summed E-state index contributed by atoms with van der Waals surface area (Å²) in [5.41, 5.74) is 0. The molecule has 0 spiro atoms. The van der Waals surface area contributed by atoms with E-state index in [-0.39, 0.29) is 0 Å². The monoisotopic (exact) mass is 178 g/mol. The average Bonchev–Trinajstić information content (AvgIpc) is 1.85. The molecule has 0 aliphatic rings. The van der Waals surface area contributed by atoms with Crippen molar-refractivity contribution in [2.75, 3.05) is 0 Å². The summed E-state index contributed by atoms with van der Waals surface area (Å²) in [6.45, 7) is 0.294. The highest BCUT2D eigenvalue weighted by Crippen LogP contribution is 2.33. The summed E-state index contributed by atoms with van der Waals surface area (Å²) in [7, 11) is 0. The van der Waals surface area contributed by atoms with E-state index in [0.29, 0.717) is 6.92 Å². The van der Waals surface area contributed by atoms with Gasteiger partial charge in [0.2, 0.25) is 5.83 Å². The molecule has 0 aromatic carbocycles. The Hall–Kier alpha value is -0.680. The highest BCUT2D eigenvalue weighted by molar-refractivity contribution is 5.06. The van der Waals surface area contributed by atoms with Crippen molar-refractivity contribution >= 4 is 0 Å². The normalized spacial score (nSPS) is 14.5.